The fourth-order valence-corrected chi connectivity index (χ4v) is 5.98. The van der Waals surface area contributed by atoms with Gasteiger partial charge in [0, 0.05) is 25.0 Å². The molecule has 3 heterocycles. The number of carbonyl (C=O) groups excluding carboxylic acids is 2. The summed E-state index contributed by atoms with van der Waals surface area (Å²) in [5.74, 6) is -1.04. The minimum absolute atomic E-state index is 0.0123. The van der Waals surface area contributed by atoms with Crippen LogP contribution in [0.3, 0.4) is 0 Å². The first-order valence-electron chi connectivity index (χ1n) is 16.4. The highest BCUT2D eigenvalue weighted by atomic mass is 32.2. The SMILES string of the molecule is CSc1nc(OCCc2ccc([N+](=O)[O-])cc2)c2nc(C)c(=O)n([C@H]3C[C@H](OC(=O)c4ccc(C)cc4)[C@@H](COC(=O)c4ccc(C)cc4)O3)c2n1. The van der Waals surface area contributed by atoms with Crippen LogP contribution in [-0.2, 0) is 20.6 Å². The van der Waals surface area contributed by atoms with Crippen LogP contribution in [0.4, 0.5) is 5.69 Å². The standard InChI is InChI=1S/C37H35N5O9S/c1-21-5-11-25(12-6-21)35(44)49-20-29-28(51-36(45)26-13-7-22(2)8-14-26)19-30(50-29)41-32-31(38-23(3)34(41)43)33(40-37(39-32)52-4)48-18-17-24-9-15-27(16-10-24)42(46)47/h5-16,28-30H,17-20H2,1-4H3/t28-,29+,30+/m0/s1. The molecule has 3 aromatic carbocycles. The van der Waals surface area contributed by atoms with Gasteiger partial charge in [-0.25, -0.2) is 19.6 Å². The Bertz CT molecular complexity index is 2170. The average molecular weight is 726 g/mol. The number of nitro groups is 1. The van der Waals surface area contributed by atoms with Crippen LogP contribution in [0.1, 0.15) is 55.7 Å². The number of hydrogen-bond donors (Lipinski definition) is 0. The maximum Gasteiger partial charge on any atom is 0.338 e. The van der Waals surface area contributed by atoms with Crippen LogP contribution < -0.4 is 10.3 Å². The Morgan fingerprint density at radius 3 is 2.17 bits per heavy atom. The van der Waals surface area contributed by atoms with Gasteiger partial charge in [-0.05, 0) is 56.9 Å². The average Bonchev–Trinajstić information content (AvgIpc) is 3.53. The predicted molar refractivity (Wildman–Crippen MR) is 191 cm³/mol. The predicted octanol–water partition coefficient (Wildman–Crippen LogP) is 5.73. The maximum atomic E-state index is 13.8. The van der Waals surface area contributed by atoms with Gasteiger partial charge in [0.15, 0.2) is 16.3 Å². The maximum absolute atomic E-state index is 13.8. The van der Waals surface area contributed by atoms with Crippen molar-refractivity contribution in [1.82, 2.24) is 19.5 Å². The molecule has 52 heavy (non-hydrogen) atoms. The number of esters is 2. The molecule has 0 bridgehead atoms. The number of aryl methyl sites for hydroxylation is 3. The van der Waals surface area contributed by atoms with E-state index in [9.17, 15) is 24.5 Å². The number of thioether (sulfide) groups is 1. The van der Waals surface area contributed by atoms with Crippen molar-refractivity contribution < 1.29 is 33.5 Å². The molecule has 0 N–H and O–H groups in total. The second-order valence-corrected chi connectivity index (χ2v) is 13.0. The summed E-state index contributed by atoms with van der Waals surface area (Å²) in [4.78, 5) is 64.2. The summed E-state index contributed by atoms with van der Waals surface area (Å²) >= 11 is 1.23. The number of non-ortho nitro benzene ring substituents is 1. The highest BCUT2D eigenvalue weighted by Gasteiger charge is 2.41. The van der Waals surface area contributed by atoms with Gasteiger partial charge >= 0.3 is 11.9 Å². The zero-order chi connectivity index (χ0) is 36.9. The normalized spacial score (nSPS) is 16.8. The first-order chi connectivity index (χ1) is 25.0. The van der Waals surface area contributed by atoms with Crippen LogP contribution >= 0.6 is 11.8 Å². The van der Waals surface area contributed by atoms with Gasteiger partial charge < -0.3 is 18.9 Å². The van der Waals surface area contributed by atoms with Crippen molar-refractivity contribution in [3.8, 4) is 5.88 Å². The van der Waals surface area contributed by atoms with Crippen LogP contribution in [0.2, 0.25) is 0 Å². The summed E-state index contributed by atoms with van der Waals surface area (Å²) in [6, 6.07) is 20.0. The number of rotatable bonds is 12. The first kappa shape index (κ1) is 36.1. The second-order valence-electron chi connectivity index (χ2n) is 12.2. The van der Waals surface area contributed by atoms with Crippen LogP contribution in [0, 0.1) is 30.9 Å². The molecule has 1 saturated heterocycles. The molecule has 0 amide bonds. The van der Waals surface area contributed by atoms with E-state index in [0.717, 1.165) is 16.7 Å². The highest BCUT2D eigenvalue weighted by molar-refractivity contribution is 7.98. The molecule has 1 aliphatic rings. The molecule has 0 aliphatic carbocycles. The third-order valence-electron chi connectivity index (χ3n) is 8.49. The number of aromatic nitrogens is 4. The first-order valence-corrected chi connectivity index (χ1v) is 17.6. The molecule has 268 valence electrons. The van der Waals surface area contributed by atoms with Crippen molar-refractivity contribution >= 4 is 40.6 Å². The van der Waals surface area contributed by atoms with Gasteiger partial charge in [0.05, 0.1) is 22.7 Å². The van der Waals surface area contributed by atoms with Crippen molar-refractivity contribution in [3.63, 3.8) is 0 Å². The van der Waals surface area contributed by atoms with Crippen molar-refractivity contribution in [2.24, 2.45) is 0 Å². The monoisotopic (exact) mass is 725 g/mol. The number of hydrogen-bond acceptors (Lipinski definition) is 13. The van der Waals surface area contributed by atoms with Crippen LogP contribution in [-0.4, -0.2) is 68.1 Å². The van der Waals surface area contributed by atoms with Crippen LogP contribution in [0.25, 0.3) is 11.2 Å². The largest absolute Gasteiger partial charge is 0.476 e. The molecule has 15 heteroatoms. The Morgan fingerprint density at radius 2 is 1.56 bits per heavy atom. The summed E-state index contributed by atoms with van der Waals surface area (Å²) < 4.78 is 25.4. The van der Waals surface area contributed by atoms with E-state index in [1.54, 1.807) is 73.8 Å². The molecule has 0 spiro atoms. The molecule has 5 aromatic rings. The van der Waals surface area contributed by atoms with Crippen molar-refractivity contribution in [2.45, 2.75) is 57.2 Å². The van der Waals surface area contributed by atoms with E-state index in [4.69, 9.17) is 18.9 Å². The Hall–Kier alpha value is -5.67. The van der Waals surface area contributed by atoms with E-state index >= 15 is 0 Å². The summed E-state index contributed by atoms with van der Waals surface area (Å²) in [6.07, 6.45) is -0.593. The number of carbonyl (C=O) groups is 2. The minimum atomic E-state index is -0.992. The lowest BCUT2D eigenvalue weighted by Gasteiger charge is -2.19. The van der Waals surface area contributed by atoms with Crippen molar-refractivity contribution in [3.05, 3.63) is 127 Å². The third-order valence-corrected chi connectivity index (χ3v) is 9.04. The molecule has 3 atom stereocenters. The summed E-state index contributed by atoms with van der Waals surface area (Å²) in [7, 11) is 0. The molecule has 1 aliphatic heterocycles. The Balaban J connectivity index is 1.29. The van der Waals surface area contributed by atoms with E-state index in [2.05, 4.69) is 15.0 Å². The lowest BCUT2D eigenvalue weighted by Crippen LogP contribution is -2.32. The number of benzene rings is 3. The van der Waals surface area contributed by atoms with Crippen molar-refractivity contribution in [2.75, 3.05) is 19.5 Å². The van der Waals surface area contributed by atoms with Gasteiger partial charge in [-0.2, -0.15) is 4.98 Å². The topological polar surface area (TPSA) is 175 Å². The molecule has 14 nitrogen and oxygen atoms in total. The van der Waals surface area contributed by atoms with Gasteiger partial charge in [-0.3, -0.25) is 19.5 Å². The number of fused-ring (bicyclic) bond motifs is 1. The lowest BCUT2D eigenvalue weighted by molar-refractivity contribution is -0.384. The number of ether oxygens (including phenoxy) is 4. The summed E-state index contributed by atoms with van der Waals surface area (Å²) in [5.41, 5.74) is 3.44. The smallest absolute Gasteiger partial charge is 0.338 e. The summed E-state index contributed by atoms with van der Waals surface area (Å²) in [6.45, 7) is 5.26. The Kier molecular flexibility index (Phi) is 10.9. The molecule has 0 unspecified atom stereocenters. The third kappa shape index (κ3) is 8.11. The van der Waals surface area contributed by atoms with Crippen molar-refractivity contribution in [1.29, 1.82) is 0 Å². The molecular weight excluding hydrogens is 691 g/mol. The molecule has 6 rings (SSSR count). The lowest BCUT2D eigenvalue weighted by atomic mass is 10.1. The molecule has 2 aromatic heterocycles. The van der Waals surface area contributed by atoms with Gasteiger partial charge in [0.1, 0.15) is 30.7 Å². The van der Waals surface area contributed by atoms with E-state index in [0.29, 0.717) is 22.7 Å². The van der Waals surface area contributed by atoms with Gasteiger partial charge in [0.2, 0.25) is 5.88 Å². The van der Waals surface area contributed by atoms with Crippen LogP contribution in [0.5, 0.6) is 5.88 Å². The fourth-order valence-electron chi connectivity index (χ4n) is 5.62. The number of nitrogens with zero attached hydrogens (tertiary/aromatic N) is 5. The second kappa shape index (κ2) is 15.7. The Labute approximate surface area is 302 Å². The van der Waals surface area contributed by atoms with Gasteiger partial charge in [0.25, 0.3) is 11.2 Å². The zero-order valence-electron chi connectivity index (χ0n) is 28.8. The highest BCUT2D eigenvalue weighted by Crippen LogP contribution is 2.34. The van der Waals surface area contributed by atoms with Gasteiger partial charge in [-0.15, -0.1) is 0 Å². The minimum Gasteiger partial charge on any atom is -0.476 e. The molecule has 0 saturated carbocycles. The molecular formula is C37H35N5O9S. The molecule has 0 radical (unpaired) electrons. The number of nitro benzene ring substituents is 1. The summed E-state index contributed by atoms with van der Waals surface area (Å²) in [5, 5.41) is 11.3. The van der Waals surface area contributed by atoms with Gasteiger partial charge in [-0.1, -0.05) is 59.3 Å². The van der Waals surface area contributed by atoms with Crippen LogP contribution in [0.15, 0.2) is 82.7 Å². The Morgan fingerprint density at radius 1 is 0.923 bits per heavy atom. The van der Waals surface area contributed by atoms with E-state index in [-0.39, 0.29) is 48.1 Å². The van der Waals surface area contributed by atoms with E-state index < -0.39 is 40.9 Å². The molecule has 1 fully saturated rings. The van der Waals surface area contributed by atoms with E-state index in [1.165, 1.54) is 28.5 Å². The quantitative estimate of drug-likeness (QED) is 0.0502. The zero-order valence-corrected chi connectivity index (χ0v) is 29.6. The van der Waals surface area contributed by atoms with E-state index in [1.807, 2.05) is 13.8 Å². The fraction of sp³-hybridized carbons (Fsp3) is 0.297.